The molecule has 0 heterocycles. The molecule has 0 saturated carbocycles. The van der Waals surface area contributed by atoms with E-state index in [-0.39, 0.29) is 18.2 Å². The number of hydrogen-bond donors (Lipinski definition) is 0. The van der Waals surface area contributed by atoms with Gasteiger partial charge in [-0.2, -0.15) is 0 Å². The minimum absolute atomic E-state index is 0.158. The van der Waals surface area contributed by atoms with Crippen molar-refractivity contribution in [1.82, 2.24) is 0 Å². The molecule has 0 N–H and O–H groups in total. The highest BCUT2D eigenvalue weighted by molar-refractivity contribution is 6.00. The van der Waals surface area contributed by atoms with E-state index in [9.17, 15) is 9.18 Å². The fraction of sp³-hybridized carbons (Fsp3) is 0.188. The van der Waals surface area contributed by atoms with Crippen LogP contribution in [0.2, 0.25) is 0 Å². The van der Waals surface area contributed by atoms with Gasteiger partial charge in [0, 0.05) is 6.07 Å². The maximum absolute atomic E-state index is 12.8. The number of carbonyl (C=O) groups is 1. The summed E-state index contributed by atoms with van der Waals surface area (Å²) in [5.41, 5.74) is 0.403. The summed E-state index contributed by atoms with van der Waals surface area (Å²) >= 11 is 0. The molecule has 0 spiro atoms. The molecule has 2 aromatic carbocycles. The SMILES string of the molecule is COc1ccc(C(=O)COc2ccc(F)cc2)c(OC)c1. The van der Waals surface area contributed by atoms with Gasteiger partial charge >= 0.3 is 0 Å². The molecule has 0 saturated heterocycles. The Morgan fingerprint density at radius 3 is 2.29 bits per heavy atom. The summed E-state index contributed by atoms with van der Waals surface area (Å²) < 4.78 is 28.3. The van der Waals surface area contributed by atoms with Gasteiger partial charge in [-0.3, -0.25) is 4.79 Å². The summed E-state index contributed by atoms with van der Waals surface area (Å²) in [6.45, 7) is -0.158. The normalized spacial score (nSPS) is 10.0. The number of halogens is 1. The van der Waals surface area contributed by atoms with Crippen LogP contribution in [-0.2, 0) is 0 Å². The van der Waals surface area contributed by atoms with Gasteiger partial charge in [0.25, 0.3) is 0 Å². The van der Waals surface area contributed by atoms with Gasteiger partial charge in [-0.1, -0.05) is 0 Å². The third kappa shape index (κ3) is 3.72. The van der Waals surface area contributed by atoms with Gasteiger partial charge in [-0.25, -0.2) is 4.39 Å². The number of rotatable bonds is 6. The molecule has 0 bridgehead atoms. The molecule has 0 aliphatic heterocycles. The Morgan fingerprint density at radius 2 is 1.67 bits per heavy atom. The van der Waals surface area contributed by atoms with Crippen molar-refractivity contribution in [3.63, 3.8) is 0 Å². The zero-order chi connectivity index (χ0) is 15.2. The summed E-state index contributed by atoms with van der Waals surface area (Å²) in [5.74, 6) is 0.853. The van der Waals surface area contributed by atoms with Crippen LogP contribution >= 0.6 is 0 Å². The summed E-state index contributed by atoms with van der Waals surface area (Å²) in [7, 11) is 3.01. The number of benzene rings is 2. The van der Waals surface area contributed by atoms with Crippen LogP contribution in [0.4, 0.5) is 4.39 Å². The highest BCUT2D eigenvalue weighted by Crippen LogP contribution is 2.25. The molecule has 0 unspecified atom stereocenters. The first-order valence-electron chi connectivity index (χ1n) is 6.27. The first kappa shape index (κ1) is 14.8. The van der Waals surface area contributed by atoms with Gasteiger partial charge in [-0.15, -0.1) is 0 Å². The maximum atomic E-state index is 12.8. The lowest BCUT2D eigenvalue weighted by Gasteiger charge is -2.10. The predicted octanol–water partition coefficient (Wildman–Crippen LogP) is 3.10. The molecule has 0 amide bonds. The molecule has 0 atom stereocenters. The monoisotopic (exact) mass is 290 g/mol. The first-order chi connectivity index (χ1) is 10.1. The summed E-state index contributed by atoms with van der Waals surface area (Å²) in [5, 5.41) is 0. The lowest BCUT2D eigenvalue weighted by Crippen LogP contribution is -2.12. The zero-order valence-electron chi connectivity index (χ0n) is 11.8. The fourth-order valence-electron chi connectivity index (χ4n) is 1.79. The molecule has 0 radical (unpaired) electrons. The number of Topliss-reactive ketones (excluding diaryl/α,β-unsaturated/α-hetero) is 1. The smallest absolute Gasteiger partial charge is 0.203 e. The van der Waals surface area contributed by atoms with Gasteiger partial charge in [0.15, 0.2) is 6.61 Å². The van der Waals surface area contributed by atoms with Crippen molar-refractivity contribution in [3.8, 4) is 17.2 Å². The molecule has 4 nitrogen and oxygen atoms in total. The van der Waals surface area contributed by atoms with E-state index in [4.69, 9.17) is 14.2 Å². The summed E-state index contributed by atoms with van der Waals surface area (Å²) in [6.07, 6.45) is 0. The van der Waals surface area contributed by atoms with E-state index in [0.717, 1.165) is 0 Å². The average Bonchev–Trinajstić information content (AvgIpc) is 2.53. The quantitative estimate of drug-likeness (QED) is 0.767. The van der Waals surface area contributed by atoms with Gasteiger partial charge in [0.1, 0.15) is 23.1 Å². The van der Waals surface area contributed by atoms with Crippen LogP contribution in [0.15, 0.2) is 42.5 Å². The molecule has 5 heteroatoms. The molecule has 2 aromatic rings. The van der Waals surface area contributed by atoms with Crippen LogP contribution in [0.5, 0.6) is 17.2 Å². The van der Waals surface area contributed by atoms with Crippen LogP contribution in [0, 0.1) is 5.82 Å². The van der Waals surface area contributed by atoms with Crippen LogP contribution in [-0.4, -0.2) is 26.6 Å². The number of ketones is 1. The molecule has 110 valence electrons. The summed E-state index contributed by atoms with van der Waals surface area (Å²) in [6, 6.07) is 10.4. The number of hydrogen-bond acceptors (Lipinski definition) is 4. The highest BCUT2D eigenvalue weighted by Gasteiger charge is 2.14. The Labute approximate surface area is 122 Å². The number of carbonyl (C=O) groups excluding carboxylic acids is 1. The lowest BCUT2D eigenvalue weighted by atomic mass is 10.1. The van der Waals surface area contributed by atoms with Crippen molar-refractivity contribution in [2.45, 2.75) is 0 Å². The van der Waals surface area contributed by atoms with Crippen molar-refractivity contribution in [2.75, 3.05) is 20.8 Å². The fourth-order valence-corrected chi connectivity index (χ4v) is 1.79. The van der Waals surface area contributed by atoms with Crippen molar-refractivity contribution >= 4 is 5.78 Å². The van der Waals surface area contributed by atoms with Gasteiger partial charge in [-0.05, 0) is 36.4 Å². The third-order valence-electron chi connectivity index (χ3n) is 2.89. The number of ether oxygens (including phenoxy) is 3. The van der Waals surface area contributed by atoms with Crippen molar-refractivity contribution in [2.24, 2.45) is 0 Å². The Kier molecular flexibility index (Phi) is 4.77. The number of methoxy groups -OCH3 is 2. The molecular weight excluding hydrogens is 275 g/mol. The second kappa shape index (κ2) is 6.74. The van der Waals surface area contributed by atoms with E-state index < -0.39 is 0 Å². The van der Waals surface area contributed by atoms with Crippen LogP contribution in [0.3, 0.4) is 0 Å². The topological polar surface area (TPSA) is 44.8 Å². The molecule has 21 heavy (non-hydrogen) atoms. The van der Waals surface area contributed by atoms with E-state index in [2.05, 4.69) is 0 Å². The second-order valence-electron chi connectivity index (χ2n) is 4.23. The maximum Gasteiger partial charge on any atom is 0.203 e. The highest BCUT2D eigenvalue weighted by atomic mass is 19.1. The Hall–Kier alpha value is -2.56. The lowest BCUT2D eigenvalue weighted by molar-refractivity contribution is 0.0918. The summed E-state index contributed by atoms with van der Waals surface area (Å²) in [4.78, 5) is 12.1. The van der Waals surface area contributed by atoms with E-state index in [1.54, 1.807) is 18.2 Å². The average molecular weight is 290 g/mol. The molecule has 0 aromatic heterocycles. The minimum atomic E-state index is -0.356. The molecule has 0 aliphatic rings. The van der Waals surface area contributed by atoms with Crippen molar-refractivity contribution < 1.29 is 23.4 Å². The van der Waals surface area contributed by atoms with Gasteiger partial charge in [0.2, 0.25) is 5.78 Å². The van der Waals surface area contributed by atoms with Crippen molar-refractivity contribution in [1.29, 1.82) is 0 Å². The van der Waals surface area contributed by atoms with Crippen LogP contribution in [0.25, 0.3) is 0 Å². The standard InChI is InChI=1S/C16H15FO4/c1-19-13-7-8-14(16(9-13)20-2)15(18)10-21-12-5-3-11(17)4-6-12/h3-9H,10H2,1-2H3. The van der Waals surface area contributed by atoms with E-state index in [0.29, 0.717) is 22.8 Å². The Morgan fingerprint density at radius 1 is 1.00 bits per heavy atom. The Balaban J connectivity index is 2.07. The van der Waals surface area contributed by atoms with E-state index in [1.165, 1.54) is 38.5 Å². The molecular formula is C16H15FO4. The van der Waals surface area contributed by atoms with Gasteiger partial charge < -0.3 is 14.2 Å². The molecule has 0 fully saturated rings. The first-order valence-corrected chi connectivity index (χ1v) is 6.27. The van der Waals surface area contributed by atoms with Crippen molar-refractivity contribution in [3.05, 3.63) is 53.8 Å². The third-order valence-corrected chi connectivity index (χ3v) is 2.89. The van der Waals surface area contributed by atoms with Gasteiger partial charge in [0.05, 0.1) is 19.8 Å². The van der Waals surface area contributed by atoms with Crippen LogP contribution in [0.1, 0.15) is 10.4 Å². The van der Waals surface area contributed by atoms with E-state index >= 15 is 0 Å². The molecule has 2 rings (SSSR count). The minimum Gasteiger partial charge on any atom is -0.497 e. The largest absolute Gasteiger partial charge is 0.497 e. The second-order valence-corrected chi connectivity index (χ2v) is 4.23. The Bertz CT molecular complexity index is 623. The predicted molar refractivity (Wildman–Crippen MR) is 75.8 cm³/mol. The molecule has 0 aliphatic carbocycles. The van der Waals surface area contributed by atoms with Crippen LogP contribution < -0.4 is 14.2 Å². The van der Waals surface area contributed by atoms with E-state index in [1.807, 2.05) is 0 Å². The zero-order valence-corrected chi connectivity index (χ0v) is 11.8.